The number of benzene rings is 1. The molecule has 0 aliphatic heterocycles. The number of hydrogen-bond donors (Lipinski definition) is 1. The molecule has 0 fully saturated rings. The molecule has 0 bridgehead atoms. The van der Waals surface area contributed by atoms with Gasteiger partial charge in [-0.1, -0.05) is 12.1 Å². The summed E-state index contributed by atoms with van der Waals surface area (Å²) in [4.78, 5) is 11.1. The van der Waals surface area contributed by atoms with Crippen molar-refractivity contribution in [3.8, 4) is 6.07 Å². The van der Waals surface area contributed by atoms with Crippen molar-refractivity contribution in [2.75, 3.05) is 0 Å². The first-order valence-corrected chi connectivity index (χ1v) is 5.47. The van der Waals surface area contributed by atoms with Crippen molar-refractivity contribution >= 4 is 5.91 Å². The Kier molecular flexibility index (Phi) is 5.22. The number of pyridine rings is 1. The number of carbonyl (C=O) groups is 1. The van der Waals surface area contributed by atoms with E-state index in [1.165, 1.54) is 0 Å². The largest absolute Gasteiger partial charge is 1.00 e. The molecule has 0 spiro atoms. The van der Waals surface area contributed by atoms with Gasteiger partial charge < -0.3 is 22.7 Å². The lowest BCUT2D eigenvalue weighted by atomic mass is 10.1. The molecule has 1 amide bonds. The average Bonchev–Trinajstić information content (AvgIpc) is 2.40. The SMILES string of the molecule is N#Cc1ccc(C[15n+]2cccc(C(N)=O)c2)cc1.[Br-]. The highest BCUT2D eigenvalue weighted by Gasteiger charge is 2.07. The van der Waals surface area contributed by atoms with E-state index in [9.17, 15) is 4.79 Å². The smallest absolute Gasteiger partial charge is 0.254 e. The summed E-state index contributed by atoms with van der Waals surface area (Å²) in [6.07, 6.45) is 3.57. The maximum absolute atomic E-state index is 11.1. The Morgan fingerprint density at radius 1 is 1.26 bits per heavy atom. The van der Waals surface area contributed by atoms with Crippen molar-refractivity contribution in [1.29, 1.82) is 5.26 Å². The van der Waals surface area contributed by atoms with Gasteiger partial charge in [-0.05, 0) is 18.2 Å². The fourth-order valence-corrected chi connectivity index (χ4v) is 1.66. The standard InChI is InChI=1S/C14H11N3O.BrH/c15-8-11-3-5-12(6-4-11)9-17-7-1-2-13(10-17)14(16)18;/h1-7,10H,9H2,(H-,16,18);1H/i17+1;. The fourth-order valence-electron chi connectivity index (χ4n) is 1.66. The van der Waals surface area contributed by atoms with Crippen LogP contribution in [0.15, 0.2) is 48.8 Å². The van der Waals surface area contributed by atoms with Crippen molar-refractivity contribution in [3.05, 3.63) is 65.5 Å². The molecule has 1 aromatic carbocycles. The summed E-state index contributed by atoms with van der Waals surface area (Å²) in [5.41, 5.74) is 7.39. The minimum Gasteiger partial charge on any atom is -1.00 e. The van der Waals surface area contributed by atoms with Gasteiger partial charge in [0.05, 0.1) is 11.6 Å². The zero-order valence-corrected chi connectivity index (χ0v) is 11.7. The Hall–Kier alpha value is -2.19. The van der Waals surface area contributed by atoms with Gasteiger partial charge >= 0.3 is 0 Å². The van der Waals surface area contributed by atoms with Gasteiger partial charge in [-0.2, -0.15) is 9.83 Å². The van der Waals surface area contributed by atoms with Gasteiger partial charge in [-0.15, -0.1) is 0 Å². The van der Waals surface area contributed by atoms with Crippen LogP contribution < -0.4 is 27.3 Å². The van der Waals surface area contributed by atoms with E-state index in [0.717, 1.165) is 5.56 Å². The molecule has 96 valence electrons. The number of hydrogen-bond acceptors (Lipinski definition) is 2. The van der Waals surface area contributed by atoms with Crippen molar-refractivity contribution in [1.82, 2.24) is 0 Å². The number of primary amides is 1. The Bertz CT molecular complexity index is 617. The number of carbonyl (C=O) groups excluding carboxylic acids is 1. The number of amides is 1. The van der Waals surface area contributed by atoms with Crippen LogP contribution in [-0.2, 0) is 6.54 Å². The van der Waals surface area contributed by atoms with Crippen molar-refractivity contribution < 1.29 is 26.3 Å². The maximum Gasteiger partial charge on any atom is 0.254 e. The molecule has 19 heavy (non-hydrogen) atoms. The molecular formula is C14H12BrN3O. The zero-order chi connectivity index (χ0) is 13.0. The number of nitriles is 1. The summed E-state index contributed by atoms with van der Waals surface area (Å²) >= 11 is 0. The van der Waals surface area contributed by atoms with E-state index in [1.54, 1.807) is 30.5 Å². The summed E-state index contributed by atoms with van der Waals surface area (Å²) in [5, 5.41) is 8.71. The predicted molar refractivity (Wildman–Crippen MR) is 65.4 cm³/mol. The molecule has 0 radical (unpaired) electrons. The Labute approximate surface area is 121 Å². The first-order valence-electron chi connectivity index (χ1n) is 5.47. The average molecular weight is 319 g/mol. The third-order valence-electron chi connectivity index (χ3n) is 2.59. The van der Waals surface area contributed by atoms with Gasteiger partial charge in [0.1, 0.15) is 5.56 Å². The lowest BCUT2D eigenvalue weighted by Gasteiger charge is -1.99. The monoisotopic (exact) mass is 318 g/mol. The molecule has 2 N–H and O–H groups in total. The Morgan fingerprint density at radius 2 is 1.95 bits per heavy atom. The van der Waals surface area contributed by atoms with E-state index < -0.39 is 5.91 Å². The number of halogens is 1. The first kappa shape index (κ1) is 14.9. The second-order valence-electron chi connectivity index (χ2n) is 3.94. The molecule has 2 aromatic rings. The zero-order valence-electron chi connectivity index (χ0n) is 10.1. The molecule has 0 saturated carbocycles. The summed E-state index contributed by atoms with van der Waals surface area (Å²) in [5.74, 6) is -0.441. The topological polar surface area (TPSA) is 70.8 Å². The van der Waals surface area contributed by atoms with E-state index in [0.29, 0.717) is 17.7 Å². The van der Waals surface area contributed by atoms with Crippen LogP contribution in [0.25, 0.3) is 0 Å². The van der Waals surface area contributed by atoms with Crippen molar-refractivity contribution in [3.63, 3.8) is 0 Å². The fraction of sp³-hybridized carbons (Fsp3) is 0.0714. The maximum atomic E-state index is 11.1. The molecule has 5 heteroatoms. The molecule has 0 unspecified atom stereocenters. The van der Waals surface area contributed by atoms with Crippen LogP contribution in [0.1, 0.15) is 21.5 Å². The molecule has 1 aromatic heterocycles. The lowest BCUT2D eigenvalue weighted by Crippen LogP contribution is -3.00. The molecule has 2 rings (SSSR count). The van der Waals surface area contributed by atoms with E-state index in [-0.39, 0.29) is 17.0 Å². The third kappa shape index (κ3) is 3.90. The molecule has 0 saturated heterocycles. The molecule has 0 aliphatic carbocycles. The minimum atomic E-state index is -0.441. The van der Waals surface area contributed by atoms with Crippen LogP contribution in [-0.4, -0.2) is 5.91 Å². The number of nitrogens with two attached hydrogens (primary N) is 1. The van der Waals surface area contributed by atoms with Gasteiger partial charge in [0.15, 0.2) is 18.9 Å². The summed E-state index contributed by atoms with van der Waals surface area (Å²) in [7, 11) is 0. The second kappa shape index (κ2) is 6.66. The highest BCUT2D eigenvalue weighted by atomic mass is 79.9. The quantitative estimate of drug-likeness (QED) is 0.665. The van der Waals surface area contributed by atoms with Crippen LogP contribution in [0.5, 0.6) is 0 Å². The van der Waals surface area contributed by atoms with E-state index in [1.807, 2.05) is 22.9 Å². The Morgan fingerprint density at radius 3 is 2.53 bits per heavy atom. The predicted octanol–water partition coefficient (Wildman–Crippen LogP) is -2.00. The van der Waals surface area contributed by atoms with Gasteiger partial charge in [0.25, 0.3) is 5.91 Å². The highest BCUT2D eigenvalue weighted by Crippen LogP contribution is 2.03. The highest BCUT2D eigenvalue weighted by molar-refractivity contribution is 5.92. The van der Waals surface area contributed by atoms with E-state index in [4.69, 9.17) is 11.0 Å². The first-order chi connectivity index (χ1) is 8.69. The lowest BCUT2D eigenvalue weighted by molar-refractivity contribution is -0.688. The van der Waals surface area contributed by atoms with Gasteiger partial charge in [0.2, 0.25) is 0 Å². The number of nitrogens with zero attached hydrogens (tertiary/aromatic N) is 2. The summed E-state index contributed by atoms with van der Waals surface area (Å²) in [6, 6.07) is 12.9. The minimum absolute atomic E-state index is 0. The van der Waals surface area contributed by atoms with Crippen LogP contribution in [0.4, 0.5) is 0 Å². The molecule has 0 atom stereocenters. The summed E-state index contributed by atoms with van der Waals surface area (Å²) < 4.78 is 1.88. The van der Waals surface area contributed by atoms with E-state index >= 15 is 0 Å². The van der Waals surface area contributed by atoms with Gasteiger partial charge in [0, 0.05) is 11.6 Å². The Balaban J connectivity index is 0.00000180. The van der Waals surface area contributed by atoms with Crippen LogP contribution >= 0.6 is 0 Å². The molecular weight excluding hydrogens is 307 g/mol. The van der Waals surface area contributed by atoms with E-state index in [2.05, 4.69) is 6.07 Å². The van der Waals surface area contributed by atoms with Gasteiger partial charge in [-0.3, -0.25) is 4.79 Å². The second-order valence-corrected chi connectivity index (χ2v) is 3.94. The number of rotatable bonds is 3. The molecule has 4 nitrogen and oxygen atoms in total. The molecule has 0 aliphatic rings. The normalized spacial score (nSPS) is 9.21. The van der Waals surface area contributed by atoms with Crippen molar-refractivity contribution in [2.45, 2.75) is 6.54 Å². The number of aromatic nitrogens is 1. The summed E-state index contributed by atoms with van der Waals surface area (Å²) in [6.45, 7) is 0.632. The third-order valence-corrected chi connectivity index (χ3v) is 2.59. The molecule has 1 heterocycles. The van der Waals surface area contributed by atoms with Crippen LogP contribution in [0.3, 0.4) is 0 Å². The van der Waals surface area contributed by atoms with Crippen LogP contribution in [0, 0.1) is 11.3 Å². The van der Waals surface area contributed by atoms with Gasteiger partial charge in [-0.25, -0.2) is 0 Å². The van der Waals surface area contributed by atoms with Crippen LogP contribution in [0.2, 0.25) is 0 Å². The van der Waals surface area contributed by atoms with Crippen molar-refractivity contribution in [2.24, 2.45) is 5.73 Å².